The highest BCUT2D eigenvalue weighted by atomic mass is 16.5. The Hall–Kier alpha value is -2.30. The van der Waals surface area contributed by atoms with Crippen molar-refractivity contribution >= 4 is 11.6 Å². The van der Waals surface area contributed by atoms with Crippen molar-refractivity contribution in [3.8, 4) is 5.75 Å². The van der Waals surface area contributed by atoms with Gasteiger partial charge in [0.25, 0.3) is 5.91 Å². The molecule has 1 aromatic heterocycles. The number of benzene rings is 1. The fourth-order valence-corrected chi connectivity index (χ4v) is 1.92. The number of methoxy groups -OCH3 is 1. The number of ether oxygens (including phenoxy) is 1. The van der Waals surface area contributed by atoms with Crippen molar-refractivity contribution in [3.05, 3.63) is 40.7 Å². The summed E-state index contributed by atoms with van der Waals surface area (Å²) in [6.07, 6.45) is 0. The molecule has 0 aliphatic rings. The zero-order valence-corrected chi connectivity index (χ0v) is 11.5. The molecule has 0 aliphatic carbocycles. The summed E-state index contributed by atoms with van der Waals surface area (Å²) >= 11 is 0. The van der Waals surface area contributed by atoms with Gasteiger partial charge in [0, 0.05) is 0 Å². The van der Waals surface area contributed by atoms with Crippen LogP contribution in [0.1, 0.15) is 27.3 Å². The molecule has 5 nitrogen and oxygen atoms in total. The smallest absolute Gasteiger partial charge is 0.259 e. The van der Waals surface area contributed by atoms with Crippen LogP contribution in [0.5, 0.6) is 5.75 Å². The van der Waals surface area contributed by atoms with Crippen molar-refractivity contribution in [3.63, 3.8) is 0 Å². The molecule has 2 rings (SSSR count). The van der Waals surface area contributed by atoms with Gasteiger partial charge in [0.05, 0.1) is 29.7 Å². The van der Waals surface area contributed by atoms with Crippen LogP contribution >= 0.6 is 0 Å². The van der Waals surface area contributed by atoms with E-state index in [0.29, 0.717) is 17.0 Å². The minimum absolute atomic E-state index is 0.201. The van der Waals surface area contributed by atoms with Gasteiger partial charge in [0.1, 0.15) is 5.75 Å². The molecule has 2 aromatic rings. The van der Waals surface area contributed by atoms with Crippen molar-refractivity contribution in [2.75, 3.05) is 12.4 Å². The molecule has 5 heteroatoms. The number of aromatic amines is 1. The Labute approximate surface area is 112 Å². The Morgan fingerprint density at radius 1 is 1.32 bits per heavy atom. The summed E-state index contributed by atoms with van der Waals surface area (Å²) in [5.74, 6) is 0.357. The number of carbonyl (C=O) groups excluding carboxylic acids is 1. The summed E-state index contributed by atoms with van der Waals surface area (Å²) in [5.41, 5.74) is 3.83. The van der Waals surface area contributed by atoms with E-state index in [0.717, 1.165) is 17.0 Å². The van der Waals surface area contributed by atoms with Crippen molar-refractivity contribution in [1.29, 1.82) is 0 Å². The lowest BCUT2D eigenvalue weighted by molar-refractivity contribution is 0.102. The van der Waals surface area contributed by atoms with Crippen molar-refractivity contribution in [1.82, 2.24) is 10.2 Å². The van der Waals surface area contributed by atoms with Crippen LogP contribution in [0, 0.1) is 20.8 Å². The minimum atomic E-state index is -0.201. The van der Waals surface area contributed by atoms with E-state index in [1.807, 2.05) is 26.8 Å². The van der Waals surface area contributed by atoms with Gasteiger partial charge in [-0.15, -0.1) is 0 Å². The Kier molecular flexibility index (Phi) is 3.55. The molecule has 0 bridgehead atoms. The predicted octanol–water partition coefficient (Wildman–Crippen LogP) is 2.60. The summed E-state index contributed by atoms with van der Waals surface area (Å²) in [5, 5.41) is 9.75. The van der Waals surface area contributed by atoms with Gasteiger partial charge in [-0.1, -0.05) is 11.6 Å². The van der Waals surface area contributed by atoms with Crippen LogP contribution in [0.15, 0.2) is 18.2 Å². The lowest BCUT2D eigenvalue weighted by Crippen LogP contribution is -2.14. The summed E-state index contributed by atoms with van der Waals surface area (Å²) in [6.45, 7) is 5.64. The third-order valence-electron chi connectivity index (χ3n) is 2.97. The zero-order chi connectivity index (χ0) is 14.0. The van der Waals surface area contributed by atoms with Crippen LogP contribution < -0.4 is 10.1 Å². The average Bonchev–Trinajstić information content (AvgIpc) is 2.70. The normalized spacial score (nSPS) is 10.3. The largest absolute Gasteiger partial charge is 0.496 e. The molecular formula is C14H17N3O2. The standard InChI is InChI=1S/C14H17N3O2/c1-8-5-6-12(19-4)11(7-8)14(18)15-13-9(2)16-17-10(13)3/h5-7H,1-4H3,(H,15,18)(H,16,17). The third-order valence-corrected chi connectivity index (χ3v) is 2.97. The highest BCUT2D eigenvalue weighted by Gasteiger charge is 2.15. The summed E-state index contributed by atoms with van der Waals surface area (Å²) in [4.78, 5) is 12.3. The average molecular weight is 259 g/mol. The van der Waals surface area contributed by atoms with Gasteiger partial charge in [0.2, 0.25) is 0 Å². The van der Waals surface area contributed by atoms with Gasteiger partial charge in [-0.25, -0.2) is 0 Å². The van der Waals surface area contributed by atoms with Gasteiger partial charge < -0.3 is 10.1 Å². The van der Waals surface area contributed by atoms with Crippen LogP contribution in [0.2, 0.25) is 0 Å². The van der Waals surface area contributed by atoms with E-state index < -0.39 is 0 Å². The van der Waals surface area contributed by atoms with Crippen LogP contribution in [0.25, 0.3) is 0 Å². The maximum absolute atomic E-state index is 12.3. The number of aryl methyl sites for hydroxylation is 3. The van der Waals surface area contributed by atoms with Crippen LogP contribution in [-0.2, 0) is 0 Å². The van der Waals surface area contributed by atoms with Crippen LogP contribution in [0.4, 0.5) is 5.69 Å². The van der Waals surface area contributed by atoms with E-state index in [4.69, 9.17) is 4.74 Å². The first-order valence-electron chi connectivity index (χ1n) is 6.00. The summed E-state index contributed by atoms with van der Waals surface area (Å²) < 4.78 is 5.22. The molecule has 1 heterocycles. The van der Waals surface area contributed by atoms with Gasteiger partial charge in [-0.05, 0) is 32.9 Å². The number of hydrogen-bond donors (Lipinski definition) is 2. The van der Waals surface area contributed by atoms with E-state index in [2.05, 4.69) is 15.5 Å². The molecule has 0 aliphatic heterocycles. The number of anilines is 1. The number of amides is 1. The van der Waals surface area contributed by atoms with E-state index in [-0.39, 0.29) is 5.91 Å². The van der Waals surface area contributed by atoms with E-state index >= 15 is 0 Å². The summed E-state index contributed by atoms with van der Waals surface area (Å²) in [6, 6.07) is 5.50. The van der Waals surface area contributed by atoms with Crippen LogP contribution in [-0.4, -0.2) is 23.2 Å². The maximum atomic E-state index is 12.3. The van der Waals surface area contributed by atoms with E-state index in [1.165, 1.54) is 0 Å². The summed E-state index contributed by atoms with van der Waals surface area (Å²) in [7, 11) is 1.55. The molecule has 0 radical (unpaired) electrons. The molecule has 0 fully saturated rings. The van der Waals surface area contributed by atoms with Crippen LogP contribution in [0.3, 0.4) is 0 Å². The van der Waals surface area contributed by atoms with Crippen molar-refractivity contribution < 1.29 is 9.53 Å². The predicted molar refractivity (Wildman–Crippen MR) is 73.7 cm³/mol. The fourth-order valence-electron chi connectivity index (χ4n) is 1.92. The molecule has 19 heavy (non-hydrogen) atoms. The van der Waals surface area contributed by atoms with E-state index in [1.54, 1.807) is 19.2 Å². The lowest BCUT2D eigenvalue weighted by Gasteiger charge is -2.10. The first-order valence-corrected chi connectivity index (χ1v) is 6.00. The van der Waals surface area contributed by atoms with Gasteiger partial charge >= 0.3 is 0 Å². The second kappa shape index (κ2) is 5.14. The van der Waals surface area contributed by atoms with Gasteiger partial charge in [-0.2, -0.15) is 5.10 Å². The number of nitrogens with one attached hydrogen (secondary N) is 2. The molecule has 0 saturated heterocycles. The molecule has 0 unspecified atom stereocenters. The Morgan fingerprint density at radius 2 is 2.05 bits per heavy atom. The molecule has 0 spiro atoms. The zero-order valence-electron chi connectivity index (χ0n) is 11.5. The van der Waals surface area contributed by atoms with Crippen molar-refractivity contribution in [2.24, 2.45) is 0 Å². The number of aromatic nitrogens is 2. The molecule has 100 valence electrons. The van der Waals surface area contributed by atoms with E-state index in [9.17, 15) is 4.79 Å². The maximum Gasteiger partial charge on any atom is 0.259 e. The topological polar surface area (TPSA) is 67.0 Å². The van der Waals surface area contributed by atoms with Gasteiger partial charge in [0.15, 0.2) is 0 Å². The molecule has 1 amide bonds. The molecular weight excluding hydrogens is 242 g/mol. The lowest BCUT2D eigenvalue weighted by atomic mass is 10.1. The quantitative estimate of drug-likeness (QED) is 0.890. The number of nitrogens with zero attached hydrogens (tertiary/aromatic N) is 1. The number of H-pyrrole nitrogens is 1. The second-order valence-corrected chi connectivity index (χ2v) is 4.47. The molecule has 1 aromatic carbocycles. The Bertz CT molecular complexity index is 598. The molecule has 0 atom stereocenters. The van der Waals surface area contributed by atoms with Gasteiger partial charge in [-0.3, -0.25) is 9.89 Å². The molecule has 2 N–H and O–H groups in total. The Morgan fingerprint density at radius 3 is 2.63 bits per heavy atom. The first kappa shape index (κ1) is 13.1. The minimum Gasteiger partial charge on any atom is -0.496 e. The monoisotopic (exact) mass is 259 g/mol. The Balaban J connectivity index is 2.32. The highest BCUT2D eigenvalue weighted by Crippen LogP contribution is 2.23. The second-order valence-electron chi connectivity index (χ2n) is 4.47. The third kappa shape index (κ3) is 2.59. The number of carbonyl (C=O) groups is 1. The van der Waals surface area contributed by atoms with Crippen molar-refractivity contribution in [2.45, 2.75) is 20.8 Å². The SMILES string of the molecule is COc1ccc(C)cc1C(=O)Nc1c(C)n[nH]c1C. The number of hydrogen-bond acceptors (Lipinski definition) is 3. The molecule has 0 saturated carbocycles. The first-order chi connectivity index (χ1) is 9.02. The highest BCUT2D eigenvalue weighted by molar-refractivity contribution is 6.06. The fraction of sp³-hybridized carbons (Fsp3) is 0.286. The number of rotatable bonds is 3.